The van der Waals surface area contributed by atoms with Gasteiger partial charge >= 0.3 is 0 Å². The van der Waals surface area contributed by atoms with Gasteiger partial charge in [0.25, 0.3) is 0 Å². The van der Waals surface area contributed by atoms with E-state index in [1.165, 1.54) is 6.33 Å². The molecule has 0 saturated carbocycles. The zero-order valence-corrected chi connectivity index (χ0v) is 13.5. The van der Waals surface area contributed by atoms with Crippen molar-refractivity contribution in [3.05, 3.63) is 54.7 Å². The summed E-state index contributed by atoms with van der Waals surface area (Å²) < 4.78 is 3.63. The lowest BCUT2D eigenvalue weighted by atomic mass is 10.1. The number of amides is 1. The maximum Gasteiger partial charge on any atom is 0.226 e. The molecule has 1 aromatic carbocycles. The molecule has 1 amide bonds. The van der Waals surface area contributed by atoms with E-state index in [-0.39, 0.29) is 5.91 Å². The van der Waals surface area contributed by atoms with Gasteiger partial charge in [-0.05, 0) is 12.1 Å². The van der Waals surface area contributed by atoms with E-state index in [0.29, 0.717) is 13.0 Å². The van der Waals surface area contributed by atoms with Gasteiger partial charge in [-0.25, -0.2) is 9.97 Å². The maximum atomic E-state index is 12.0. The average molecular weight is 338 g/mol. The molecule has 8 heteroatoms. The minimum Gasteiger partial charge on any atom is -0.326 e. The van der Waals surface area contributed by atoms with Crippen molar-refractivity contribution in [3.8, 4) is 11.3 Å². The van der Waals surface area contributed by atoms with E-state index in [4.69, 9.17) is 0 Å². The summed E-state index contributed by atoms with van der Waals surface area (Å²) in [5.74, 6) is -0.0549. The van der Waals surface area contributed by atoms with Crippen LogP contribution in [0.15, 0.2) is 54.7 Å². The molecule has 0 bridgehead atoms. The van der Waals surface area contributed by atoms with Crippen molar-refractivity contribution >= 4 is 27.9 Å². The normalized spacial score (nSPS) is 11.0. The first kappa shape index (κ1) is 14.6. The third-order valence-electron chi connectivity index (χ3n) is 3.59. The van der Waals surface area contributed by atoms with Gasteiger partial charge < -0.3 is 5.32 Å². The number of rotatable bonds is 5. The molecule has 24 heavy (non-hydrogen) atoms. The van der Waals surface area contributed by atoms with Crippen LogP contribution in [0.25, 0.3) is 16.2 Å². The van der Waals surface area contributed by atoms with Crippen molar-refractivity contribution in [3.63, 3.8) is 0 Å². The molecule has 0 saturated heterocycles. The highest BCUT2D eigenvalue weighted by Crippen LogP contribution is 2.23. The number of anilines is 1. The van der Waals surface area contributed by atoms with E-state index in [9.17, 15) is 4.79 Å². The van der Waals surface area contributed by atoms with Crippen LogP contribution in [0.3, 0.4) is 0 Å². The van der Waals surface area contributed by atoms with Crippen LogP contribution in [0, 0.1) is 0 Å². The van der Waals surface area contributed by atoms with E-state index in [1.807, 2.05) is 46.4 Å². The van der Waals surface area contributed by atoms with Gasteiger partial charge in [-0.2, -0.15) is 5.10 Å². The Morgan fingerprint density at radius 1 is 1.25 bits per heavy atom. The topological polar surface area (TPSA) is 77.1 Å². The fraction of sp³-hybridized carbons (Fsp3) is 0.125. The van der Waals surface area contributed by atoms with E-state index < -0.39 is 0 Å². The van der Waals surface area contributed by atoms with E-state index in [0.717, 1.165) is 21.9 Å². The molecular formula is C16H14N6OS. The molecule has 0 aliphatic heterocycles. The van der Waals surface area contributed by atoms with Crippen LogP contribution in [-0.2, 0) is 11.3 Å². The minimum atomic E-state index is -0.0549. The summed E-state index contributed by atoms with van der Waals surface area (Å²) in [4.78, 5) is 21.3. The second-order valence-electron chi connectivity index (χ2n) is 5.25. The number of carbonyl (C=O) groups is 1. The molecule has 4 aromatic rings. The first-order chi connectivity index (χ1) is 11.8. The molecule has 0 radical (unpaired) electrons. The quantitative estimate of drug-likeness (QED) is 0.607. The summed E-state index contributed by atoms with van der Waals surface area (Å²) >= 11 is 1.60. The van der Waals surface area contributed by atoms with Gasteiger partial charge in [0, 0.05) is 35.4 Å². The highest BCUT2D eigenvalue weighted by atomic mass is 32.1. The molecular weight excluding hydrogens is 324 g/mol. The van der Waals surface area contributed by atoms with Crippen molar-refractivity contribution in [2.24, 2.45) is 0 Å². The molecule has 0 aliphatic carbocycles. The van der Waals surface area contributed by atoms with Crippen LogP contribution < -0.4 is 5.32 Å². The lowest BCUT2D eigenvalue weighted by Gasteiger charge is -2.06. The van der Waals surface area contributed by atoms with Gasteiger partial charge in [-0.15, -0.1) is 11.3 Å². The van der Waals surface area contributed by atoms with Crippen molar-refractivity contribution in [2.45, 2.75) is 13.0 Å². The molecule has 0 atom stereocenters. The molecule has 1 N–H and O–H groups in total. The largest absolute Gasteiger partial charge is 0.326 e. The molecule has 4 rings (SSSR count). The van der Waals surface area contributed by atoms with Crippen molar-refractivity contribution in [1.82, 2.24) is 24.1 Å². The van der Waals surface area contributed by atoms with Gasteiger partial charge in [0.15, 0.2) is 4.96 Å². The zero-order valence-electron chi connectivity index (χ0n) is 12.7. The second-order valence-corrected chi connectivity index (χ2v) is 6.13. The van der Waals surface area contributed by atoms with Gasteiger partial charge in [0.2, 0.25) is 5.91 Å². The fourth-order valence-corrected chi connectivity index (χ4v) is 3.08. The van der Waals surface area contributed by atoms with Crippen molar-refractivity contribution in [1.29, 1.82) is 0 Å². The Kier molecular flexibility index (Phi) is 3.80. The Morgan fingerprint density at radius 3 is 2.88 bits per heavy atom. The molecule has 3 heterocycles. The third kappa shape index (κ3) is 3.04. The second kappa shape index (κ2) is 6.25. The van der Waals surface area contributed by atoms with E-state index >= 15 is 0 Å². The van der Waals surface area contributed by atoms with Crippen molar-refractivity contribution in [2.75, 3.05) is 5.32 Å². The molecule has 3 aromatic heterocycles. The van der Waals surface area contributed by atoms with Crippen LogP contribution in [0.4, 0.5) is 5.69 Å². The minimum absolute atomic E-state index is 0.0549. The van der Waals surface area contributed by atoms with Crippen LogP contribution in [0.1, 0.15) is 6.42 Å². The predicted molar refractivity (Wildman–Crippen MR) is 91.8 cm³/mol. The number of hydrogen-bond donors (Lipinski definition) is 1. The summed E-state index contributed by atoms with van der Waals surface area (Å²) in [5.41, 5.74) is 2.71. The lowest BCUT2D eigenvalue weighted by molar-refractivity contribution is -0.116. The standard InChI is InChI=1S/C16H14N6OS/c23-15(5-6-22-11-17-10-18-22)19-13-3-1-12(2-4-13)14-9-21-7-8-24-16(21)20-14/h1-4,7-11H,5-6H2,(H,19,23). The van der Waals surface area contributed by atoms with E-state index in [1.54, 1.807) is 22.3 Å². The van der Waals surface area contributed by atoms with Crippen LogP contribution in [0.5, 0.6) is 0 Å². The number of aryl methyl sites for hydroxylation is 1. The Hall–Kier alpha value is -3.00. The average Bonchev–Trinajstić information content (AvgIpc) is 3.30. The maximum absolute atomic E-state index is 12.0. The Morgan fingerprint density at radius 2 is 2.12 bits per heavy atom. The van der Waals surface area contributed by atoms with Gasteiger partial charge in [0.1, 0.15) is 12.7 Å². The number of carbonyl (C=O) groups excluding carboxylic acids is 1. The summed E-state index contributed by atoms with van der Waals surface area (Å²) in [6, 6.07) is 7.69. The monoisotopic (exact) mass is 338 g/mol. The number of thiazole rings is 1. The Labute approximate surface area is 141 Å². The molecule has 0 unspecified atom stereocenters. The molecule has 7 nitrogen and oxygen atoms in total. The molecule has 120 valence electrons. The Bertz CT molecular complexity index is 926. The number of aromatic nitrogens is 5. The number of fused-ring (bicyclic) bond motifs is 1. The lowest BCUT2D eigenvalue weighted by Crippen LogP contribution is -2.14. The first-order valence-corrected chi connectivity index (χ1v) is 8.31. The van der Waals surface area contributed by atoms with Crippen LogP contribution in [0.2, 0.25) is 0 Å². The zero-order chi connectivity index (χ0) is 16.4. The highest BCUT2D eigenvalue weighted by molar-refractivity contribution is 7.15. The smallest absolute Gasteiger partial charge is 0.226 e. The highest BCUT2D eigenvalue weighted by Gasteiger charge is 2.07. The SMILES string of the molecule is O=C(CCn1cncn1)Nc1ccc(-c2cn3ccsc3n2)cc1. The van der Waals surface area contributed by atoms with E-state index in [2.05, 4.69) is 20.4 Å². The summed E-state index contributed by atoms with van der Waals surface area (Å²) in [6.45, 7) is 0.509. The summed E-state index contributed by atoms with van der Waals surface area (Å²) in [5, 5.41) is 8.86. The number of nitrogens with zero attached hydrogens (tertiary/aromatic N) is 5. The number of benzene rings is 1. The van der Waals surface area contributed by atoms with Gasteiger partial charge in [-0.3, -0.25) is 13.9 Å². The number of nitrogens with one attached hydrogen (secondary N) is 1. The summed E-state index contributed by atoms with van der Waals surface area (Å²) in [6.07, 6.45) is 7.38. The summed E-state index contributed by atoms with van der Waals surface area (Å²) in [7, 11) is 0. The van der Waals surface area contributed by atoms with Gasteiger partial charge in [0.05, 0.1) is 12.2 Å². The molecule has 0 spiro atoms. The van der Waals surface area contributed by atoms with Crippen LogP contribution in [-0.4, -0.2) is 30.1 Å². The predicted octanol–water partition coefficient (Wildman–Crippen LogP) is 2.68. The molecule has 0 fully saturated rings. The van der Waals surface area contributed by atoms with Crippen LogP contribution >= 0.6 is 11.3 Å². The fourth-order valence-electron chi connectivity index (χ4n) is 2.38. The Balaban J connectivity index is 1.40. The first-order valence-electron chi connectivity index (χ1n) is 7.43. The number of hydrogen-bond acceptors (Lipinski definition) is 5. The molecule has 0 aliphatic rings. The third-order valence-corrected chi connectivity index (χ3v) is 4.36. The van der Waals surface area contributed by atoms with Gasteiger partial charge in [-0.1, -0.05) is 12.1 Å². The van der Waals surface area contributed by atoms with Crippen molar-refractivity contribution < 1.29 is 4.79 Å². The number of imidazole rings is 1.